The van der Waals surface area contributed by atoms with E-state index in [-0.39, 0.29) is 4.75 Å². The average Bonchev–Trinajstić information content (AvgIpc) is 2.96. The van der Waals surface area contributed by atoms with E-state index in [4.69, 9.17) is 0 Å². The second kappa shape index (κ2) is 3.72. The Labute approximate surface area is 93.9 Å². The Morgan fingerprint density at radius 2 is 1.87 bits per heavy atom. The molecule has 0 N–H and O–H groups in total. The van der Waals surface area contributed by atoms with Gasteiger partial charge in [0.1, 0.15) is 11.0 Å². The molecule has 1 unspecified atom stereocenters. The van der Waals surface area contributed by atoms with Crippen molar-refractivity contribution < 1.29 is 4.21 Å². The lowest BCUT2D eigenvalue weighted by atomic mass is 10.2. The molecule has 1 saturated heterocycles. The standard InChI is InChI=1S/C12H17NOS/c1-12(2,3)15(14)13-9-11(13)10-7-5-4-6-8-10/h4-8,11H,9H2,1-3H3/t11-,13?,15+/m0/s1. The highest BCUT2D eigenvalue weighted by molar-refractivity contribution is 7.84. The maximum absolute atomic E-state index is 12.0. The number of hydrogen-bond acceptors (Lipinski definition) is 1. The highest BCUT2D eigenvalue weighted by Crippen LogP contribution is 2.39. The molecular formula is C12H17NOS. The van der Waals surface area contributed by atoms with E-state index in [1.54, 1.807) is 0 Å². The Balaban J connectivity index is 2.06. The van der Waals surface area contributed by atoms with Gasteiger partial charge in [-0.25, -0.2) is 8.51 Å². The highest BCUT2D eigenvalue weighted by Gasteiger charge is 2.43. The molecule has 1 aliphatic rings. The van der Waals surface area contributed by atoms with Crippen LogP contribution in [-0.4, -0.2) is 19.8 Å². The van der Waals surface area contributed by atoms with Gasteiger partial charge in [0.15, 0.2) is 0 Å². The van der Waals surface area contributed by atoms with Crippen molar-refractivity contribution in [3.05, 3.63) is 35.9 Å². The van der Waals surface area contributed by atoms with Crippen LogP contribution in [0.4, 0.5) is 0 Å². The van der Waals surface area contributed by atoms with Crippen LogP contribution in [0.15, 0.2) is 30.3 Å². The maximum atomic E-state index is 12.0. The smallest absolute Gasteiger partial charge is 0.100 e. The molecule has 1 aliphatic heterocycles. The monoisotopic (exact) mass is 223 g/mol. The average molecular weight is 223 g/mol. The molecule has 0 saturated carbocycles. The SMILES string of the molecule is CC(C)(C)[S@@](=O)N1C[C@H]1c1ccccc1. The van der Waals surface area contributed by atoms with Gasteiger partial charge in [-0.3, -0.25) is 0 Å². The molecule has 82 valence electrons. The molecule has 3 heteroatoms. The summed E-state index contributed by atoms with van der Waals surface area (Å²) in [6.07, 6.45) is 0. The van der Waals surface area contributed by atoms with Gasteiger partial charge in [-0.05, 0) is 26.3 Å². The third-order valence-electron chi connectivity index (χ3n) is 2.49. The maximum Gasteiger partial charge on any atom is 0.100 e. The van der Waals surface area contributed by atoms with Crippen molar-refractivity contribution in [2.45, 2.75) is 31.6 Å². The van der Waals surface area contributed by atoms with Crippen LogP contribution >= 0.6 is 0 Å². The molecule has 0 aromatic heterocycles. The number of benzene rings is 1. The minimum Gasteiger partial charge on any atom is -0.242 e. The normalized spacial score (nSPS) is 27.4. The Morgan fingerprint density at radius 3 is 2.40 bits per heavy atom. The number of rotatable bonds is 2. The van der Waals surface area contributed by atoms with Gasteiger partial charge in [0.2, 0.25) is 0 Å². The van der Waals surface area contributed by atoms with E-state index in [0.29, 0.717) is 6.04 Å². The first-order chi connectivity index (χ1) is 7.00. The number of nitrogens with zero attached hydrogens (tertiary/aromatic N) is 1. The second-order valence-corrected chi connectivity index (χ2v) is 7.08. The van der Waals surface area contributed by atoms with Gasteiger partial charge in [-0.15, -0.1) is 0 Å². The second-order valence-electron chi connectivity index (χ2n) is 4.89. The van der Waals surface area contributed by atoms with E-state index in [1.165, 1.54) is 5.56 Å². The predicted molar refractivity (Wildman–Crippen MR) is 63.8 cm³/mol. The summed E-state index contributed by atoms with van der Waals surface area (Å²) >= 11 is 0. The third kappa shape index (κ3) is 2.29. The van der Waals surface area contributed by atoms with Crippen molar-refractivity contribution in [1.29, 1.82) is 0 Å². The molecule has 1 heterocycles. The first kappa shape index (κ1) is 10.8. The Bertz CT molecular complexity index is 369. The fourth-order valence-corrected chi connectivity index (χ4v) is 2.94. The van der Waals surface area contributed by atoms with Crippen LogP contribution in [0.25, 0.3) is 0 Å². The summed E-state index contributed by atoms with van der Waals surface area (Å²) in [5, 5.41) is 0. The van der Waals surface area contributed by atoms with E-state index in [2.05, 4.69) is 16.4 Å². The summed E-state index contributed by atoms with van der Waals surface area (Å²) in [6.45, 7) is 6.98. The van der Waals surface area contributed by atoms with Gasteiger partial charge in [0.05, 0.1) is 10.8 Å². The van der Waals surface area contributed by atoms with Gasteiger partial charge in [-0.2, -0.15) is 0 Å². The zero-order valence-electron chi connectivity index (χ0n) is 9.43. The van der Waals surface area contributed by atoms with Crippen LogP contribution in [0.3, 0.4) is 0 Å². The topological polar surface area (TPSA) is 20.1 Å². The van der Waals surface area contributed by atoms with Crippen LogP contribution in [0.1, 0.15) is 32.4 Å². The molecule has 1 aromatic carbocycles. The van der Waals surface area contributed by atoms with Crippen molar-refractivity contribution >= 4 is 11.0 Å². The molecule has 0 amide bonds. The van der Waals surface area contributed by atoms with Crippen molar-refractivity contribution in [2.24, 2.45) is 0 Å². The van der Waals surface area contributed by atoms with Gasteiger partial charge >= 0.3 is 0 Å². The summed E-state index contributed by atoms with van der Waals surface area (Å²) < 4.78 is 13.9. The molecule has 1 aromatic rings. The molecule has 2 nitrogen and oxygen atoms in total. The highest BCUT2D eigenvalue weighted by atomic mass is 32.2. The lowest BCUT2D eigenvalue weighted by Crippen LogP contribution is -2.27. The van der Waals surface area contributed by atoms with E-state index < -0.39 is 11.0 Å². The minimum atomic E-state index is -0.875. The summed E-state index contributed by atoms with van der Waals surface area (Å²) in [4.78, 5) is 0. The van der Waals surface area contributed by atoms with Crippen LogP contribution in [0, 0.1) is 0 Å². The summed E-state index contributed by atoms with van der Waals surface area (Å²) in [5.74, 6) is 0. The molecule has 0 radical (unpaired) electrons. The summed E-state index contributed by atoms with van der Waals surface area (Å²) in [5.41, 5.74) is 1.27. The largest absolute Gasteiger partial charge is 0.242 e. The quantitative estimate of drug-likeness (QED) is 0.705. The third-order valence-corrected chi connectivity index (χ3v) is 4.37. The first-order valence-electron chi connectivity index (χ1n) is 5.24. The Kier molecular flexibility index (Phi) is 2.69. The Hall–Kier alpha value is -0.670. The van der Waals surface area contributed by atoms with Crippen LogP contribution < -0.4 is 0 Å². The van der Waals surface area contributed by atoms with Crippen molar-refractivity contribution in [1.82, 2.24) is 4.31 Å². The predicted octanol–water partition coefficient (Wildman–Crippen LogP) is 2.51. The minimum absolute atomic E-state index is 0.149. The number of hydrogen-bond donors (Lipinski definition) is 0. The van der Waals surface area contributed by atoms with Gasteiger partial charge in [0.25, 0.3) is 0 Å². The van der Waals surface area contributed by atoms with E-state index in [0.717, 1.165) is 6.54 Å². The summed E-state index contributed by atoms with van der Waals surface area (Å²) in [6, 6.07) is 10.6. The lowest BCUT2D eigenvalue weighted by Gasteiger charge is -2.18. The molecule has 3 atom stereocenters. The van der Waals surface area contributed by atoms with E-state index in [9.17, 15) is 4.21 Å². The van der Waals surface area contributed by atoms with Crippen molar-refractivity contribution in [2.75, 3.05) is 6.54 Å². The molecule has 15 heavy (non-hydrogen) atoms. The van der Waals surface area contributed by atoms with Gasteiger partial charge in [0, 0.05) is 6.54 Å². The van der Waals surface area contributed by atoms with E-state index >= 15 is 0 Å². The van der Waals surface area contributed by atoms with Gasteiger partial charge in [-0.1, -0.05) is 30.3 Å². The van der Waals surface area contributed by atoms with E-state index in [1.807, 2.05) is 39.0 Å². The molecule has 1 fully saturated rings. The molecule has 2 rings (SSSR count). The first-order valence-corrected chi connectivity index (χ1v) is 6.34. The van der Waals surface area contributed by atoms with Crippen molar-refractivity contribution in [3.8, 4) is 0 Å². The van der Waals surface area contributed by atoms with Crippen LogP contribution in [-0.2, 0) is 11.0 Å². The lowest BCUT2D eigenvalue weighted by molar-refractivity contribution is 0.607. The molecular weight excluding hydrogens is 206 g/mol. The molecule has 0 aliphatic carbocycles. The fraction of sp³-hybridized carbons (Fsp3) is 0.500. The van der Waals surface area contributed by atoms with Gasteiger partial charge < -0.3 is 0 Å². The zero-order chi connectivity index (χ0) is 11.1. The van der Waals surface area contributed by atoms with Crippen LogP contribution in [0.5, 0.6) is 0 Å². The van der Waals surface area contributed by atoms with Crippen LogP contribution in [0.2, 0.25) is 0 Å². The fourth-order valence-electron chi connectivity index (χ4n) is 1.61. The molecule has 0 bridgehead atoms. The van der Waals surface area contributed by atoms with Crippen molar-refractivity contribution in [3.63, 3.8) is 0 Å². The summed E-state index contributed by atoms with van der Waals surface area (Å²) in [7, 11) is -0.875. The zero-order valence-corrected chi connectivity index (χ0v) is 10.3. The molecule has 0 spiro atoms. The Morgan fingerprint density at radius 1 is 1.27 bits per heavy atom.